The molecule has 5 atom stereocenters. The number of esters is 1. The molecule has 2 aliphatic heterocycles. The summed E-state index contributed by atoms with van der Waals surface area (Å²) < 4.78 is 48.1. The zero-order valence-corrected chi connectivity index (χ0v) is 22.3. The van der Waals surface area contributed by atoms with Gasteiger partial charge in [-0.2, -0.15) is 10.1 Å². The van der Waals surface area contributed by atoms with Gasteiger partial charge in [0.15, 0.2) is 11.5 Å². The fraction of sp³-hybridized carbons (Fsp3) is 0.522. The van der Waals surface area contributed by atoms with Gasteiger partial charge in [-0.05, 0) is 45.9 Å². The van der Waals surface area contributed by atoms with Gasteiger partial charge < -0.3 is 34.3 Å². The number of fused-ring (bicyclic) bond motifs is 1. The van der Waals surface area contributed by atoms with E-state index in [0.717, 1.165) is 0 Å². The number of nitrogens with one attached hydrogen (secondary N) is 1. The molecule has 0 radical (unpaired) electrons. The Bertz CT molecular complexity index is 1280. The second-order valence-electron chi connectivity index (χ2n) is 9.42. The Hall–Kier alpha value is -3.16. The molecular weight excluding hydrogens is 523 g/mol. The lowest BCUT2D eigenvalue weighted by Gasteiger charge is -2.27. The van der Waals surface area contributed by atoms with Crippen LogP contribution in [0.2, 0.25) is 0 Å². The number of hydrogen-bond acceptors (Lipinski definition) is 12. The number of rotatable bonds is 10. The standard InChI is InChI=1S/C23H31N4O10P/c1-13(2)35-21(28)14(3)26-38(31,37-15-5-6-16-17(9-15)33-12-32-16)34-11-18-23(4,30)10-20(36-18)27-8-7-19(24)25-22(27)29/h5-9,13-14,18,20,30H,10-12H2,1-4H3,(H,26,31)(H2,24,25,29). The van der Waals surface area contributed by atoms with E-state index in [-0.39, 0.29) is 24.8 Å². The van der Waals surface area contributed by atoms with Gasteiger partial charge in [0.25, 0.3) is 0 Å². The third kappa shape index (κ3) is 6.45. The van der Waals surface area contributed by atoms with E-state index in [1.54, 1.807) is 19.9 Å². The van der Waals surface area contributed by atoms with Crippen LogP contribution in [0.5, 0.6) is 17.2 Å². The van der Waals surface area contributed by atoms with Gasteiger partial charge in [0.1, 0.15) is 29.9 Å². The Labute approximate surface area is 218 Å². The largest absolute Gasteiger partial charge is 0.462 e. The molecule has 0 amide bonds. The molecule has 5 unspecified atom stereocenters. The predicted octanol–water partition coefficient (Wildman–Crippen LogP) is 1.73. The fourth-order valence-electron chi connectivity index (χ4n) is 3.85. The van der Waals surface area contributed by atoms with Gasteiger partial charge in [-0.25, -0.2) is 9.36 Å². The Morgan fingerprint density at radius 2 is 2.05 bits per heavy atom. The van der Waals surface area contributed by atoms with Crippen molar-refractivity contribution < 1.29 is 42.5 Å². The van der Waals surface area contributed by atoms with E-state index in [1.165, 1.54) is 42.8 Å². The van der Waals surface area contributed by atoms with Crippen molar-refractivity contribution in [2.75, 3.05) is 19.1 Å². The highest BCUT2D eigenvalue weighted by molar-refractivity contribution is 7.52. The molecular formula is C23H31N4O10P. The maximum Gasteiger partial charge on any atom is 0.459 e. The summed E-state index contributed by atoms with van der Waals surface area (Å²) in [5.41, 5.74) is 3.42. The Morgan fingerprint density at radius 1 is 1.32 bits per heavy atom. The van der Waals surface area contributed by atoms with Crippen molar-refractivity contribution in [3.63, 3.8) is 0 Å². The molecule has 1 aromatic heterocycles. The lowest BCUT2D eigenvalue weighted by Crippen LogP contribution is -2.40. The first-order chi connectivity index (χ1) is 17.8. The maximum absolute atomic E-state index is 13.8. The molecule has 0 spiro atoms. The van der Waals surface area contributed by atoms with E-state index in [0.29, 0.717) is 11.5 Å². The van der Waals surface area contributed by atoms with Crippen LogP contribution in [0.1, 0.15) is 40.3 Å². The number of aliphatic hydroxyl groups is 1. The summed E-state index contributed by atoms with van der Waals surface area (Å²) in [7, 11) is -4.27. The van der Waals surface area contributed by atoms with Crippen molar-refractivity contribution in [3.05, 3.63) is 40.9 Å². The van der Waals surface area contributed by atoms with Crippen molar-refractivity contribution in [3.8, 4) is 17.2 Å². The highest BCUT2D eigenvalue weighted by Crippen LogP contribution is 2.48. The SMILES string of the molecule is CC(C)OC(=O)C(C)NP(=O)(OCC1OC(n2ccc(N)nc2=O)CC1(C)O)Oc1ccc2c(c1)OCO2. The molecule has 1 fully saturated rings. The van der Waals surface area contributed by atoms with Crippen LogP contribution in [0.25, 0.3) is 0 Å². The lowest BCUT2D eigenvalue weighted by atomic mass is 9.98. The monoisotopic (exact) mass is 554 g/mol. The van der Waals surface area contributed by atoms with Crippen LogP contribution in [-0.4, -0.2) is 57.9 Å². The number of aromatic nitrogens is 2. The first-order valence-corrected chi connectivity index (χ1v) is 13.4. The minimum Gasteiger partial charge on any atom is -0.462 e. The van der Waals surface area contributed by atoms with Crippen LogP contribution >= 0.6 is 7.75 Å². The highest BCUT2D eigenvalue weighted by atomic mass is 31.2. The molecule has 3 heterocycles. The summed E-state index contributed by atoms with van der Waals surface area (Å²) in [5, 5.41) is 13.5. The number of hydrogen-bond donors (Lipinski definition) is 3. The number of anilines is 1. The van der Waals surface area contributed by atoms with Gasteiger partial charge in [0, 0.05) is 18.7 Å². The number of ether oxygens (including phenoxy) is 4. The van der Waals surface area contributed by atoms with E-state index >= 15 is 0 Å². The van der Waals surface area contributed by atoms with Gasteiger partial charge >= 0.3 is 19.4 Å². The Balaban J connectivity index is 1.51. The molecule has 15 heteroatoms. The average Bonchev–Trinajstić information content (AvgIpc) is 3.40. The Morgan fingerprint density at radius 3 is 2.76 bits per heavy atom. The second-order valence-corrected chi connectivity index (χ2v) is 11.1. The van der Waals surface area contributed by atoms with Crippen LogP contribution in [0.15, 0.2) is 35.3 Å². The summed E-state index contributed by atoms with van der Waals surface area (Å²) in [6.07, 6.45) is -0.866. The number of nitrogens with zero attached hydrogens (tertiary/aromatic N) is 2. The van der Waals surface area contributed by atoms with Crippen LogP contribution in [0.3, 0.4) is 0 Å². The van der Waals surface area contributed by atoms with Crippen LogP contribution in [0, 0.1) is 0 Å². The first kappa shape index (κ1) is 27.9. The van der Waals surface area contributed by atoms with Crippen molar-refractivity contribution in [1.29, 1.82) is 0 Å². The minimum absolute atomic E-state index is 0.0183. The molecule has 2 aromatic rings. The third-order valence-electron chi connectivity index (χ3n) is 5.79. The third-order valence-corrected chi connectivity index (χ3v) is 7.43. The minimum atomic E-state index is -4.27. The quantitative estimate of drug-likeness (QED) is 0.285. The van der Waals surface area contributed by atoms with Gasteiger partial charge in [-0.15, -0.1) is 0 Å². The van der Waals surface area contributed by atoms with Crippen molar-refractivity contribution >= 4 is 19.5 Å². The lowest BCUT2D eigenvalue weighted by molar-refractivity contribution is -0.149. The smallest absolute Gasteiger partial charge is 0.459 e. The van der Waals surface area contributed by atoms with E-state index in [9.17, 15) is 19.3 Å². The summed E-state index contributed by atoms with van der Waals surface area (Å²) >= 11 is 0. The highest BCUT2D eigenvalue weighted by Gasteiger charge is 2.46. The molecule has 38 heavy (non-hydrogen) atoms. The maximum atomic E-state index is 13.8. The number of nitrogens with two attached hydrogens (primary N) is 1. The predicted molar refractivity (Wildman–Crippen MR) is 133 cm³/mol. The number of benzene rings is 1. The van der Waals surface area contributed by atoms with Gasteiger partial charge in [-0.1, -0.05) is 0 Å². The summed E-state index contributed by atoms with van der Waals surface area (Å²) in [4.78, 5) is 28.3. The van der Waals surface area contributed by atoms with Crippen LogP contribution < -0.4 is 30.5 Å². The molecule has 0 aliphatic carbocycles. The molecule has 14 nitrogen and oxygen atoms in total. The molecule has 0 saturated carbocycles. The van der Waals surface area contributed by atoms with E-state index < -0.39 is 56.1 Å². The summed E-state index contributed by atoms with van der Waals surface area (Å²) in [6, 6.07) is 4.90. The molecule has 4 N–H and O–H groups in total. The normalized spacial score (nSPS) is 24.7. The molecule has 1 aromatic carbocycles. The van der Waals surface area contributed by atoms with Gasteiger partial charge in [0.05, 0.1) is 18.3 Å². The van der Waals surface area contributed by atoms with E-state index in [1.807, 2.05) is 0 Å². The molecule has 1 saturated heterocycles. The number of carbonyl (C=O) groups is 1. The fourth-order valence-corrected chi connectivity index (χ4v) is 5.33. The van der Waals surface area contributed by atoms with E-state index in [4.69, 9.17) is 33.7 Å². The zero-order valence-electron chi connectivity index (χ0n) is 21.4. The summed E-state index contributed by atoms with van der Waals surface area (Å²) in [5.74, 6) is 0.370. The topological polar surface area (TPSA) is 183 Å². The molecule has 0 bridgehead atoms. The van der Waals surface area contributed by atoms with Crippen molar-refractivity contribution in [2.24, 2.45) is 0 Å². The van der Waals surface area contributed by atoms with Crippen LogP contribution in [0.4, 0.5) is 5.82 Å². The molecule has 2 aliphatic rings. The van der Waals surface area contributed by atoms with Crippen molar-refractivity contribution in [2.45, 2.75) is 64.2 Å². The second kappa shape index (κ2) is 10.9. The first-order valence-electron chi connectivity index (χ1n) is 11.9. The average molecular weight is 554 g/mol. The zero-order chi connectivity index (χ0) is 27.7. The Kier molecular flexibility index (Phi) is 8.00. The van der Waals surface area contributed by atoms with Gasteiger partial charge in [0.2, 0.25) is 6.79 Å². The molecule has 4 rings (SSSR count). The van der Waals surface area contributed by atoms with Crippen molar-refractivity contribution in [1.82, 2.24) is 14.6 Å². The molecule has 208 valence electrons. The van der Waals surface area contributed by atoms with E-state index in [2.05, 4.69) is 10.1 Å². The van der Waals surface area contributed by atoms with Crippen LogP contribution in [-0.2, 0) is 23.4 Å². The number of carbonyl (C=O) groups excluding carboxylic acids is 1. The number of nitrogen functional groups attached to an aromatic ring is 1. The van der Waals surface area contributed by atoms with Gasteiger partial charge in [-0.3, -0.25) is 13.9 Å². The summed E-state index contributed by atoms with van der Waals surface area (Å²) in [6.45, 7) is 5.93.